The van der Waals surface area contributed by atoms with Crippen molar-refractivity contribution in [3.63, 3.8) is 0 Å². The summed E-state index contributed by atoms with van der Waals surface area (Å²) in [5, 5.41) is 9.11. The number of rotatable bonds is 5. The van der Waals surface area contributed by atoms with Gasteiger partial charge in [0.2, 0.25) is 5.43 Å². The number of nitrogens with one attached hydrogen (secondary N) is 1. The molecule has 1 aliphatic rings. The van der Waals surface area contributed by atoms with Gasteiger partial charge in [0, 0.05) is 17.0 Å². The zero-order valence-electron chi connectivity index (χ0n) is 24.2. The first-order valence-corrected chi connectivity index (χ1v) is 14.2. The summed E-state index contributed by atoms with van der Waals surface area (Å²) in [5.41, 5.74) is 3.28. The number of alkyl carbamates (subject to hydrolysis) is 1. The maximum Gasteiger partial charge on any atom is 0.408 e. The Hall–Kier alpha value is -4.39. The topological polar surface area (TPSA) is 86.4 Å². The summed E-state index contributed by atoms with van der Waals surface area (Å²) in [6.07, 6.45) is 4.07. The Morgan fingerprint density at radius 2 is 1.71 bits per heavy atom. The molecule has 0 unspecified atom stereocenters. The van der Waals surface area contributed by atoms with Crippen LogP contribution in [0.4, 0.5) is 4.79 Å². The van der Waals surface area contributed by atoms with Crippen molar-refractivity contribution in [3.05, 3.63) is 88.7 Å². The maximum atomic E-state index is 14.2. The normalized spacial score (nSPS) is 14.8. The number of carbonyl (C=O) groups is 1. The number of fused-ring (bicyclic) bond motifs is 3. The number of carbonyl (C=O) groups excluding carboxylic acids is 1. The number of hydrogen-bond acceptors (Lipinski definition) is 5. The highest BCUT2D eigenvalue weighted by molar-refractivity contribution is 6.04. The fourth-order valence-corrected chi connectivity index (χ4v) is 5.70. The summed E-state index contributed by atoms with van der Waals surface area (Å²) in [6, 6.07) is 21.5. The van der Waals surface area contributed by atoms with Crippen molar-refractivity contribution >= 4 is 28.0 Å². The lowest BCUT2D eigenvalue weighted by Gasteiger charge is -2.43. The third-order valence-corrected chi connectivity index (χ3v) is 7.81. The van der Waals surface area contributed by atoms with Crippen LogP contribution in [0.15, 0.2) is 82.1 Å². The van der Waals surface area contributed by atoms with Crippen LogP contribution in [0, 0.1) is 0 Å². The molecule has 210 valence electrons. The fraction of sp³-hybridized carbons (Fsp3) is 0.324. The molecule has 0 bridgehead atoms. The number of nitrogens with zero attached hydrogens (tertiary/aromatic N) is 2. The van der Waals surface area contributed by atoms with Crippen LogP contribution in [0.3, 0.4) is 0 Å². The van der Waals surface area contributed by atoms with Gasteiger partial charge in [0.05, 0.1) is 22.7 Å². The first-order valence-electron chi connectivity index (χ1n) is 14.2. The van der Waals surface area contributed by atoms with Gasteiger partial charge in [-0.3, -0.25) is 9.48 Å². The Morgan fingerprint density at radius 1 is 1.00 bits per heavy atom. The molecule has 0 radical (unpaired) electrons. The van der Waals surface area contributed by atoms with Gasteiger partial charge in [-0.15, -0.1) is 0 Å². The van der Waals surface area contributed by atoms with Gasteiger partial charge >= 0.3 is 6.09 Å². The van der Waals surface area contributed by atoms with Gasteiger partial charge in [-0.2, -0.15) is 5.10 Å². The van der Waals surface area contributed by atoms with Gasteiger partial charge < -0.3 is 14.5 Å². The first-order chi connectivity index (χ1) is 19.6. The molecule has 3 aromatic carbocycles. The SMILES string of the molecule is CC(C)n1ncc2ccc3c(=O)c(-c4ccc(C5(NC(=O)OC(C)(C)C)CCC5)cc4)c(-c4ccccc4)oc3c21. The van der Waals surface area contributed by atoms with Crippen molar-refractivity contribution < 1.29 is 13.9 Å². The van der Waals surface area contributed by atoms with E-state index in [9.17, 15) is 9.59 Å². The summed E-state index contributed by atoms with van der Waals surface area (Å²) in [4.78, 5) is 26.9. The molecule has 6 rings (SSSR count). The summed E-state index contributed by atoms with van der Waals surface area (Å²) < 4.78 is 14.1. The Bertz CT molecular complexity index is 1810. The van der Waals surface area contributed by atoms with Crippen molar-refractivity contribution in [3.8, 4) is 22.5 Å². The van der Waals surface area contributed by atoms with Crippen molar-refractivity contribution in [2.45, 2.75) is 71.1 Å². The van der Waals surface area contributed by atoms with E-state index in [-0.39, 0.29) is 11.5 Å². The third kappa shape index (κ3) is 4.79. The Morgan fingerprint density at radius 3 is 2.32 bits per heavy atom. The van der Waals surface area contributed by atoms with Gasteiger partial charge in [0.25, 0.3) is 0 Å². The second-order valence-electron chi connectivity index (χ2n) is 12.2. The molecule has 2 heterocycles. The Labute approximate surface area is 239 Å². The third-order valence-electron chi connectivity index (χ3n) is 7.81. The quantitative estimate of drug-likeness (QED) is 0.240. The van der Waals surface area contributed by atoms with Gasteiger partial charge in [0.15, 0.2) is 5.58 Å². The van der Waals surface area contributed by atoms with Crippen LogP contribution in [0.2, 0.25) is 0 Å². The molecule has 1 N–H and O–H groups in total. The molecule has 0 atom stereocenters. The summed E-state index contributed by atoms with van der Waals surface area (Å²) >= 11 is 0. The minimum Gasteiger partial charge on any atom is -0.453 e. The lowest BCUT2D eigenvalue weighted by molar-refractivity contribution is 0.0377. The maximum absolute atomic E-state index is 14.2. The van der Waals surface area contributed by atoms with E-state index in [4.69, 9.17) is 9.15 Å². The lowest BCUT2D eigenvalue weighted by atomic mass is 9.71. The van der Waals surface area contributed by atoms with E-state index in [1.54, 1.807) is 0 Å². The predicted molar refractivity (Wildman–Crippen MR) is 162 cm³/mol. The van der Waals surface area contributed by atoms with Crippen LogP contribution in [-0.4, -0.2) is 21.5 Å². The van der Waals surface area contributed by atoms with Crippen molar-refractivity contribution in [2.24, 2.45) is 0 Å². The van der Waals surface area contributed by atoms with Crippen molar-refractivity contribution in [1.29, 1.82) is 0 Å². The second kappa shape index (κ2) is 9.91. The minimum atomic E-state index is -0.574. The smallest absolute Gasteiger partial charge is 0.408 e. The molecule has 0 spiro atoms. The molecule has 0 aliphatic heterocycles. The summed E-state index contributed by atoms with van der Waals surface area (Å²) in [6.45, 7) is 9.69. The number of ether oxygens (including phenoxy) is 1. The molecule has 2 aromatic heterocycles. The molecular formula is C34H35N3O4. The largest absolute Gasteiger partial charge is 0.453 e. The van der Waals surface area contributed by atoms with Crippen LogP contribution in [0.1, 0.15) is 65.5 Å². The molecule has 7 heteroatoms. The van der Waals surface area contributed by atoms with Gasteiger partial charge in [-0.1, -0.05) is 60.7 Å². The molecule has 5 aromatic rings. The van der Waals surface area contributed by atoms with Gasteiger partial charge in [-0.05, 0) is 71.1 Å². The van der Waals surface area contributed by atoms with Crippen molar-refractivity contribution in [2.75, 3.05) is 0 Å². The Balaban J connectivity index is 1.49. The van der Waals surface area contributed by atoms with E-state index in [1.165, 1.54) is 0 Å². The number of hydrogen-bond donors (Lipinski definition) is 1. The standard InChI is InChI=1S/C34H35N3O4/c1-21(2)37-28-24(20-35-37)14-17-26-29(38)27(30(40-31(26)28)23-10-7-6-8-11-23)22-12-15-25(16-13-22)34(18-9-19-34)36-32(39)41-33(3,4)5/h6-8,10-17,20-21H,9,18-19H2,1-5H3,(H,36,39). The first kappa shape index (κ1) is 26.8. The van der Waals surface area contributed by atoms with Gasteiger partial charge in [0.1, 0.15) is 16.9 Å². The highest BCUT2D eigenvalue weighted by Crippen LogP contribution is 2.43. The average Bonchev–Trinajstić information content (AvgIpc) is 3.36. The summed E-state index contributed by atoms with van der Waals surface area (Å²) in [7, 11) is 0. The van der Waals surface area contributed by atoms with E-state index >= 15 is 0 Å². The molecule has 7 nitrogen and oxygen atoms in total. The molecular weight excluding hydrogens is 514 g/mol. The molecule has 41 heavy (non-hydrogen) atoms. The van der Waals surface area contributed by atoms with Gasteiger partial charge in [-0.25, -0.2) is 4.79 Å². The highest BCUT2D eigenvalue weighted by atomic mass is 16.6. The molecule has 1 amide bonds. The van der Waals surface area contributed by atoms with E-state index in [2.05, 4.69) is 24.3 Å². The molecule has 1 fully saturated rings. The number of amides is 1. The highest BCUT2D eigenvalue weighted by Gasteiger charge is 2.41. The molecule has 1 aliphatic carbocycles. The predicted octanol–water partition coefficient (Wildman–Crippen LogP) is 7.96. The molecule has 0 saturated heterocycles. The van der Waals surface area contributed by atoms with E-state index in [0.29, 0.717) is 22.3 Å². The number of aromatic nitrogens is 2. The fourth-order valence-electron chi connectivity index (χ4n) is 5.70. The van der Waals surface area contributed by atoms with Crippen LogP contribution in [-0.2, 0) is 10.3 Å². The summed E-state index contributed by atoms with van der Waals surface area (Å²) in [5.74, 6) is 0.519. The van der Waals surface area contributed by atoms with Crippen molar-refractivity contribution in [1.82, 2.24) is 15.1 Å². The Kier molecular flexibility index (Phi) is 6.48. The van der Waals surface area contributed by atoms with Crippen LogP contribution < -0.4 is 10.7 Å². The van der Waals surface area contributed by atoms with Crippen LogP contribution >= 0.6 is 0 Å². The lowest BCUT2D eigenvalue weighted by Crippen LogP contribution is -2.52. The number of benzene rings is 3. The van der Waals surface area contributed by atoms with E-state index in [1.807, 2.05) is 98.4 Å². The average molecular weight is 550 g/mol. The van der Waals surface area contributed by atoms with Crippen LogP contribution in [0.5, 0.6) is 0 Å². The van der Waals surface area contributed by atoms with E-state index < -0.39 is 17.2 Å². The molecule has 1 saturated carbocycles. The van der Waals surface area contributed by atoms with E-state index in [0.717, 1.165) is 46.9 Å². The zero-order valence-corrected chi connectivity index (χ0v) is 24.2. The monoisotopic (exact) mass is 549 g/mol. The minimum absolute atomic E-state index is 0.0958. The zero-order chi connectivity index (χ0) is 28.9. The van der Waals surface area contributed by atoms with Crippen LogP contribution in [0.25, 0.3) is 44.3 Å². The second-order valence-corrected chi connectivity index (χ2v) is 12.2.